The number of aromatic amines is 1. The molecule has 3 rings (SSSR count). The Bertz CT molecular complexity index is 840. The van der Waals surface area contributed by atoms with Crippen molar-refractivity contribution in [2.45, 2.75) is 0 Å². The second-order valence-electron chi connectivity index (χ2n) is 4.31. The number of benzene rings is 2. The summed E-state index contributed by atoms with van der Waals surface area (Å²) in [6.45, 7) is 0. The number of ether oxygens (including phenoxy) is 1. The summed E-state index contributed by atoms with van der Waals surface area (Å²) in [6.07, 6.45) is 0. The second kappa shape index (κ2) is 4.70. The van der Waals surface area contributed by atoms with Crippen molar-refractivity contribution in [2.24, 2.45) is 0 Å². The van der Waals surface area contributed by atoms with Gasteiger partial charge >= 0.3 is 0 Å². The van der Waals surface area contributed by atoms with Gasteiger partial charge in [-0.05, 0) is 30.3 Å². The standard InChI is InChI=1S/C15H12N2O3/c1-20-9-6-7-13(18)11(8-9)14-16-12-5-3-2-4-10(12)15(19)17-14/h2-8,18H,1H3,(H,16,17,19). The van der Waals surface area contributed by atoms with E-state index in [1.54, 1.807) is 30.3 Å². The topological polar surface area (TPSA) is 75.2 Å². The molecule has 2 aromatic carbocycles. The van der Waals surface area contributed by atoms with Crippen LogP contribution in [0, 0.1) is 0 Å². The highest BCUT2D eigenvalue weighted by Crippen LogP contribution is 2.30. The van der Waals surface area contributed by atoms with Gasteiger partial charge in [-0.25, -0.2) is 4.98 Å². The van der Waals surface area contributed by atoms with Crippen molar-refractivity contribution in [1.82, 2.24) is 9.97 Å². The van der Waals surface area contributed by atoms with E-state index in [0.717, 1.165) is 0 Å². The molecule has 0 aliphatic rings. The highest BCUT2D eigenvalue weighted by Gasteiger charge is 2.10. The van der Waals surface area contributed by atoms with Gasteiger partial charge in [0, 0.05) is 0 Å². The van der Waals surface area contributed by atoms with Crippen LogP contribution in [0.1, 0.15) is 0 Å². The zero-order valence-electron chi connectivity index (χ0n) is 10.8. The van der Waals surface area contributed by atoms with E-state index in [1.807, 2.05) is 6.07 Å². The van der Waals surface area contributed by atoms with Crippen molar-refractivity contribution in [2.75, 3.05) is 7.11 Å². The second-order valence-corrected chi connectivity index (χ2v) is 4.31. The van der Waals surface area contributed by atoms with Gasteiger partial charge in [0.25, 0.3) is 5.56 Å². The van der Waals surface area contributed by atoms with Gasteiger partial charge in [0.2, 0.25) is 0 Å². The largest absolute Gasteiger partial charge is 0.507 e. The smallest absolute Gasteiger partial charge is 0.259 e. The Hall–Kier alpha value is -2.82. The number of para-hydroxylation sites is 1. The minimum Gasteiger partial charge on any atom is -0.507 e. The van der Waals surface area contributed by atoms with Crippen LogP contribution in [0.5, 0.6) is 11.5 Å². The van der Waals surface area contributed by atoms with E-state index in [9.17, 15) is 9.90 Å². The molecule has 0 atom stereocenters. The first-order chi connectivity index (χ1) is 9.69. The van der Waals surface area contributed by atoms with E-state index in [-0.39, 0.29) is 11.3 Å². The molecule has 5 nitrogen and oxygen atoms in total. The summed E-state index contributed by atoms with van der Waals surface area (Å²) in [5.41, 5.74) is 0.758. The van der Waals surface area contributed by atoms with Crippen LogP contribution in [0.3, 0.4) is 0 Å². The number of fused-ring (bicyclic) bond motifs is 1. The molecular weight excluding hydrogens is 256 g/mol. The number of aromatic hydroxyl groups is 1. The van der Waals surface area contributed by atoms with E-state index in [4.69, 9.17) is 4.74 Å². The van der Waals surface area contributed by atoms with Gasteiger partial charge in [-0.1, -0.05) is 12.1 Å². The van der Waals surface area contributed by atoms with Crippen molar-refractivity contribution < 1.29 is 9.84 Å². The third-order valence-electron chi connectivity index (χ3n) is 3.07. The Labute approximate surface area is 114 Å². The summed E-state index contributed by atoms with van der Waals surface area (Å²) in [5.74, 6) is 0.919. The number of nitrogens with zero attached hydrogens (tertiary/aromatic N) is 1. The first-order valence-electron chi connectivity index (χ1n) is 6.05. The van der Waals surface area contributed by atoms with Crippen molar-refractivity contribution in [1.29, 1.82) is 0 Å². The maximum absolute atomic E-state index is 12.0. The lowest BCUT2D eigenvalue weighted by Gasteiger charge is -2.07. The fraction of sp³-hybridized carbons (Fsp3) is 0.0667. The summed E-state index contributed by atoms with van der Waals surface area (Å²) < 4.78 is 5.12. The third kappa shape index (κ3) is 1.99. The van der Waals surface area contributed by atoms with Crippen LogP contribution >= 0.6 is 0 Å². The Morgan fingerprint density at radius 1 is 1.20 bits per heavy atom. The number of aromatic nitrogens is 2. The first-order valence-corrected chi connectivity index (χ1v) is 6.05. The maximum Gasteiger partial charge on any atom is 0.259 e. The van der Waals surface area contributed by atoms with Gasteiger partial charge in [0.1, 0.15) is 17.3 Å². The summed E-state index contributed by atoms with van der Waals surface area (Å²) in [7, 11) is 1.53. The van der Waals surface area contributed by atoms with E-state index >= 15 is 0 Å². The van der Waals surface area contributed by atoms with Crippen molar-refractivity contribution >= 4 is 10.9 Å². The minimum atomic E-state index is -0.243. The van der Waals surface area contributed by atoms with Crippen LogP contribution in [0.2, 0.25) is 0 Å². The number of hydrogen-bond acceptors (Lipinski definition) is 4. The Kier molecular flexibility index (Phi) is 2.87. The molecule has 2 N–H and O–H groups in total. The lowest BCUT2D eigenvalue weighted by Crippen LogP contribution is -2.09. The lowest BCUT2D eigenvalue weighted by atomic mass is 10.1. The SMILES string of the molecule is COc1ccc(O)c(-c2nc3ccccc3c(=O)[nH]2)c1. The highest BCUT2D eigenvalue weighted by molar-refractivity contribution is 5.80. The van der Waals surface area contributed by atoms with Gasteiger partial charge in [0.05, 0.1) is 23.6 Å². The monoisotopic (exact) mass is 268 g/mol. The molecule has 3 aromatic rings. The van der Waals surface area contributed by atoms with Crippen LogP contribution in [0.4, 0.5) is 0 Å². The third-order valence-corrected chi connectivity index (χ3v) is 3.07. The normalized spacial score (nSPS) is 10.7. The van der Waals surface area contributed by atoms with Gasteiger partial charge in [0.15, 0.2) is 0 Å². The number of H-pyrrole nitrogens is 1. The Balaban J connectivity index is 2.27. The Morgan fingerprint density at radius 2 is 2.00 bits per heavy atom. The van der Waals surface area contributed by atoms with E-state index in [2.05, 4.69) is 9.97 Å². The van der Waals surface area contributed by atoms with Gasteiger partial charge in [-0.2, -0.15) is 0 Å². The summed E-state index contributed by atoms with van der Waals surface area (Å²) in [4.78, 5) is 19.1. The first kappa shape index (κ1) is 12.2. The maximum atomic E-state index is 12.0. The molecule has 0 saturated heterocycles. The summed E-state index contributed by atoms with van der Waals surface area (Å²) in [5, 5.41) is 10.4. The molecule has 0 aliphatic heterocycles. The predicted molar refractivity (Wildman–Crippen MR) is 76.0 cm³/mol. The Morgan fingerprint density at radius 3 is 2.80 bits per heavy atom. The number of hydrogen-bond donors (Lipinski definition) is 2. The number of methoxy groups -OCH3 is 1. The molecule has 0 bridgehead atoms. The number of phenols is 1. The molecule has 1 aromatic heterocycles. The van der Waals surface area contributed by atoms with Crippen molar-refractivity contribution in [3.05, 3.63) is 52.8 Å². The summed E-state index contributed by atoms with van der Waals surface area (Å²) >= 11 is 0. The van der Waals surface area contributed by atoms with Crippen LogP contribution < -0.4 is 10.3 Å². The van der Waals surface area contributed by atoms with Crippen LogP contribution in [0.25, 0.3) is 22.3 Å². The average molecular weight is 268 g/mol. The molecule has 0 spiro atoms. The van der Waals surface area contributed by atoms with Crippen molar-refractivity contribution in [3.63, 3.8) is 0 Å². The predicted octanol–water partition coefficient (Wildman–Crippen LogP) is 2.30. The molecule has 1 heterocycles. The quantitative estimate of drug-likeness (QED) is 0.747. The molecule has 0 saturated carbocycles. The zero-order valence-corrected chi connectivity index (χ0v) is 10.8. The average Bonchev–Trinajstić information content (AvgIpc) is 2.48. The van der Waals surface area contributed by atoms with E-state index in [1.165, 1.54) is 13.2 Å². The van der Waals surface area contributed by atoms with Gasteiger partial charge < -0.3 is 14.8 Å². The molecule has 100 valence electrons. The van der Waals surface area contributed by atoms with Crippen molar-refractivity contribution in [3.8, 4) is 22.9 Å². The fourth-order valence-electron chi connectivity index (χ4n) is 2.05. The van der Waals surface area contributed by atoms with E-state index < -0.39 is 0 Å². The lowest BCUT2D eigenvalue weighted by molar-refractivity contribution is 0.412. The fourth-order valence-corrected chi connectivity index (χ4v) is 2.05. The van der Waals surface area contributed by atoms with Crippen LogP contribution in [-0.4, -0.2) is 22.2 Å². The van der Waals surface area contributed by atoms with E-state index in [0.29, 0.717) is 28.0 Å². The number of rotatable bonds is 2. The summed E-state index contributed by atoms with van der Waals surface area (Å²) in [6, 6.07) is 11.8. The minimum absolute atomic E-state index is 0.0317. The molecule has 0 fully saturated rings. The zero-order chi connectivity index (χ0) is 14.1. The van der Waals surface area contributed by atoms with Gasteiger partial charge in [-0.3, -0.25) is 4.79 Å². The molecule has 20 heavy (non-hydrogen) atoms. The highest BCUT2D eigenvalue weighted by atomic mass is 16.5. The molecule has 5 heteroatoms. The number of nitrogens with one attached hydrogen (secondary N) is 1. The molecule has 0 unspecified atom stereocenters. The van der Waals surface area contributed by atoms with Crippen LogP contribution in [-0.2, 0) is 0 Å². The molecular formula is C15H12N2O3. The molecule has 0 aliphatic carbocycles. The van der Waals surface area contributed by atoms with Gasteiger partial charge in [-0.15, -0.1) is 0 Å². The van der Waals surface area contributed by atoms with Crippen LogP contribution in [0.15, 0.2) is 47.3 Å². The number of phenolic OH excluding ortho intramolecular Hbond substituents is 1. The molecule has 0 radical (unpaired) electrons. The molecule has 0 amide bonds.